The first-order valence-electron chi connectivity index (χ1n) is 6.28. The highest BCUT2D eigenvalue weighted by molar-refractivity contribution is 7.80. The number of hydroxylamine groups is 2. The second kappa shape index (κ2) is 6.04. The number of nitrogens with zero attached hydrogens (tertiary/aromatic N) is 2. The summed E-state index contributed by atoms with van der Waals surface area (Å²) in [5, 5.41) is 0.529. The SMILES string of the molecule is NCC(=O)NNC(=O)[C@@H]1CC[C@H]2CN1C(=O)N2OS(=O)(=O)O. The quantitative estimate of drug-likeness (QED) is 0.312. The summed E-state index contributed by atoms with van der Waals surface area (Å²) in [5.41, 5.74) is 9.26. The van der Waals surface area contributed by atoms with Crippen molar-refractivity contribution >= 4 is 28.2 Å². The van der Waals surface area contributed by atoms with Gasteiger partial charge in [-0.3, -0.25) is 25.0 Å². The van der Waals surface area contributed by atoms with E-state index in [-0.39, 0.29) is 19.5 Å². The van der Waals surface area contributed by atoms with Crippen molar-refractivity contribution in [2.75, 3.05) is 13.1 Å². The number of amides is 4. The zero-order chi connectivity index (χ0) is 16.5. The molecule has 5 N–H and O–H groups in total. The van der Waals surface area contributed by atoms with Crippen molar-refractivity contribution in [3.63, 3.8) is 0 Å². The molecule has 2 rings (SSSR count). The Morgan fingerprint density at radius 2 is 2.05 bits per heavy atom. The van der Waals surface area contributed by atoms with Crippen molar-refractivity contribution in [1.82, 2.24) is 20.8 Å². The average Bonchev–Trinajstić information content (AvgIpc) is 2.68. The van der Waals surface area contributed by atoms with Gasteiger partial charge < -0.3 is 10.6 Å². The van der Waals surface area contributed by atoms with E-state index in [0.717, 1.165) is 4.90 Å². The highest BCUT2D eigenvalue weighted by Gasteiger charge is 2.49. The summed E-state index contributed by atoms with van der Waals surface area (Å²) in [6.45, 7) is -0.247. The zero-order valence-electron chi connectivity index (χ0n) is 11.3. The van der Waals surface area contributed by atoms with Gasteiger partial charge in [-0.25, -0.2) is 4.79 Å². The molecule has 2 aliphatic heterocycles. The number of hydrazine groups is 1. The second-order valence-electron chi connectivity index (χ2n) is 4.75. The molecule has 4 amide bonds. The number of piperidine rings is 1. The minimum Gasteiger partial charge on any atom is -0.322 e. The van der Waals surface area contributed by atoms with Gasteiger partial charge in [-0.2, -0.15) is 13.5 Å². The number of urea groups is 1. The van der Waals surface area contributed by atoms with Crippen LogP contribution in [-0.4, -0.2) is 66.0 Å². The van der Waals surface area contributed by atoms with Gasteiger partial charge >= 0.3 is 16.4 Å². The van der Waals surface area contributed by atoms with Crippen molar-refractivity contribution < 1.29 is 31.6 Å². The van der Waals surface area contributed by atoms with Crippen LogP contribution in [0, 0.1) is 0 Å². The lowest BCUT2D eigenvalue weighted by atomic mass is 10.0. The summed E-state index contributed by atoms with van der Waals surface area (Å²) < 4.78 is 34.3. The van der Waals surface area contributed by atoms with E-state index < -0.39 is 40.3 Å². The first-order valence-corrected chi connectivity index (χ1v) is 7.65. The van der Waals surface area contributed by atoms with Crippen molar-refractivity contribution in [2.45, 2.75) is 24.9 Å². The van der Waals surface area contributed by atoms with Gasteiger partial charge in [0.25, 0.3) is 11.8 Å². The van der Waals surface area contributed by atoms with E-state index >= 15 is 0 Å². The molecule has 0 aromatic carbocycles. The van der Waals surface area contributed by atoms with Crippen molar-refractivity contribution in [3.05, 3.63) is 0 Å². The highest BCUT2D eigenvalue weighted by atomic mass is 32.3. The van der Waals surface area contributed by atoms with Crippen LogP contribution in [0.3, 0.4) is 0 Å². The fourth-order valence-corrected chi connectivity index (χ4v) is 2.76. The Morgan fingerprint density at radius 1 is 1.36 bits per heavy atom. The molecule has 124 valence electrons. The second-order valence-corrected chi connectivity index (χ2v) is 5.76. The van der Waals surface area contributed by atoms with Crippen LogP contribution >= 0.6 is 0 Å². The van der Waals surface area contributed by atoms with E-state index in [1.54, 1.807) is 0 Å². The van der Waals surface area contributed by atoms with E-state index in [2.05, 4.69) is 15.1 Å². The molecule has 0 spiro atoms. The molecule has 2 saturated heterocycles. The predicted molar refractivity (Wildman–Crippen MR) is 68.7 cm³/mol. The molecule has 12 nitrogen and oxygen atoms in total. The maximum absolute atomic E-state index is 12.0. The average molecular weight is 337 g/mol. The lowest BCUT2D eigenvalue weighted by Gasteiger charge is -2.29. The monoisotopic (exact) mass is 337 g/mol. The molecular formula is C9H15N5O7S. The third-order valence-corrected chi connectivity index (χ3v) is 3.66. The van der Waals surface area contributed by atoms with E-state index in [1.807, 2.05) is 0 Å². The summed E-state index contributed by atoms with van der Waals surface area (Å²) in [6.07, 6.45) is 0.534. The van der Waals surface area contributed by atoms with Crippen molar-refractivity contribution in [3.8, 4) is 0 Å². The van der Waals surface area contributed by atoms with Crippen molar-refractivity contribution in [2.24, 2.45) is 5.73 Å². The van der Waals surface area contributed by atoms with Gasteiger partial charge in [0.05, 0.1) is 12.6 Å². The predicted octanol–water partition coefficient (Wildman–Crippen LogP) is -2.90. The van der Waals surface area contributed by atoms with Crippen LogP contribution in [0.4, 0.5) is 4.79 Å². The third kappa shape index (κ3) is 3.44. The van der Waals surface area contributed by atoms with Gasteiger partial charge in [0.2, 0.25) is 0 Å². The molecule has 2 fully saturated rings. The van der Waals surface area contributed by atoms with Gasteiger partial charge in [-0.1, -0.05) is 0 Å². The number of rotatable bonds is 4. The molecule has 0 saturated carbocycles. The lowest BCUT2D eigenvalue weighted by Crippen LogP contribution is -2.54. The number of hydrogen-bond acceptors (Lipinski definition) is 7. The summed E-state index contributed by atoms with van der Waals surface area (Å²) in [5.74, 6) is -1.24. The van der Waals surface area contributed by atoms with E-state index in [4.69, 9.17) is 10.3 Å². The molecule has 13 heteroatoms. The van der Waals surface area contributed by atoms with Crippen LogP contribution in [0.5, 0.6) is 0 Å². The standard InChI is InChI=1S/C9H15N5O7S/c10-3-7(15)11-12-8(16)6-2-1-5-4-13(6)9(17)14(5)21-22(18,19)20/h5-6H,1-4,10H2,(H,11,15)(H,12,16)(H,18,19,20)/t5-,6-/m0/s1. The molecule has 0 radical (unpaired) electrons. The largest absolute Gasteiger partial charge is 0.418 e. The van der Waals surface area contributed by atoms with Gasteiger partial charge in [0, 0.05) is 6.54 Å². The molecule has 2 aliphatic rings. The van der Waals surface area contributed by atoms with Crippen LogP contribution in [0.15, 0.2) is 0 Å². The minimum atomic E-state index is -4.83. The van der Waals surface area contributed by atoms with Gasteiger partial charge in [0.15, 0.2) is 0 Å². The number of nitrogens with two attached hydrogens (primary N) is 1. The Kier molecular flexibility index (Phi) is 4.50. The smallest absolute Gasteiger partial charge is 0.322 e. The van der Waals surface area contributed by atoms with E-state index in [9.17, 15) is 22.8 Å². The van der Waals surface area contributed by atoms with E-state index in [0.29, 0.717) is 11.5 Å². The fraction of sp³-hybridized carbons (Fsp3) is 0.667. The Bertz CT molecular complexity index is 593. The summed E-state index contributed by atoms with van der Waals surface area (Å²) in [6, 6.07) is -2.33. The maximum atomic E-state index is 12.0. The third-order valence-electron chi connectivity index (χ3n) is 3.31. The zero-order valence-corrected chi connectivity index (χ0v) is 12.1. The Morgan fingerprint density at radius 3 is 2.64 bits per heavy atom. The summed E-state index contributed by atoms with van der Waals surface area (Å²) in [4.78, 5) is 36.1. The number of fused-ring (bicyclic) bond motifs is 2. The molecule has 2 bridgehead atoms. The molecule has 0 aliphatic carbocycles. The van der Waals surface area contributed by atoms with Crippen LogP contribution in [0.2, 0.25) is 0 Å². The normalized spacial score (nSPS) is 24.4. The maximum Gasteiger partial charge on any atom is 0.418 e. The topological polar surface area (TPSA) is 171 Å². The van der Waals surface area contributed by atoms with Crippen LogP contribution < -0.4 is 16.6 Å². The molecule has 2 atom stereocenters. The van der Waals surface area contributed by atoms with Crippen LogP contribution in [-0.2, 0) is 24.3 Å². The number of nitrogens with one attached hydrogen (secondary N) is 2. The number of carbonyl (C=O) groups is 3. The molecule has 0 aromatic heterocycles. The van der Waals surface area contributed by atoms with Gasteiger partial charge in [-0.15, -0.1) is 4.28 Å². The first kappa shape index (κ1) is 16.4. The molecule has 22 heavy (non-hydrogen) atoms. The van der Waals surface area contributed by atoms with Crippen LogP contribution in [0.25, 0.3) is 0 Å². The summed E-state index contributed by atoms with van der Waals surface area (Å²) >= 11 is 0. The Labute approximate surface area is 125 Å². The lowest BCUT2D eigenvalue weighted by molar-refractivity contribution is -0.131. The number of carbonyl (C=O) groups excluding carboxylic acids is 3. The minimum absolute atomic E-state index is 0.0667. The van der Waals surface area contributed by atoms with Crippen molar-refractivity contribution in [1.29, 1.82) is 0 Å². The van der Waals surface area contributed by atoms with Gasteiger partial charge in [-0.05, 0) is 12.8 Å². The van der Waals surface area contributed by atoms with Crippen LogP contribution in [0.1, 0.15) is 12.8 Å². The highest BCUT2D eigenvalue weighted by Crippen LogP contribution is 2.30. The Hall–Kier alpha value is -1.96. The first-order chi connectivity index (χ1) is 10.2. The Balaban J connectivity index is 2.02. The summed E-state index contributed by atoms with van der Waals surface area (Å²) in [7, 11) is -4.83. The van der Waals surface area contributed by atoms with Gasteiger partial charge in [0.1, 0.15) is 6.04 Å². The number of hydrogen-bond donors (Lipinski definition) is 4. The molecular weight excluding hydrogens is 322 g/mol. The fourth-order valence-electron chi connectivity index (χ4n) is 2.37. The molecule has 0 aromatic rings. The van der Waals surface area contributed by atoms with E-state index in [1.165, 1.54) is 0 Å². The molecule has 2 heterocycles. The molecule has 0 unspecified atom stereocenters.